The lowest BCUT2D eigenvalue weighted by Crippen LogP contribution is -2.11. The molecule has 0 saturated heterocycles. The van der Waals surface area contributed by atoms with E-state index in [0.29, 0.717) is 17.9 Å². The van der Waals surface area contributed by atoms with Crippen molar-refractivity contribution in [1.29, 1.82) is 0 Å². The number of hydrogen-bond donors (Lipinski definition) is 0. The normalized spacial score (nSPS) is 15.2. The fourth-order valence-electron chi connectivity index (χ4n) is 3.65. The van der Waals surface area contributed by atoms with Gasteiger partial charge in [-0.05, 0) is 72.9 Å². The zero-order chi connectivity index (χ0) is 20.1. The van der Waals surface area contributed by atoms with Crippen LogP contribution in [0.1, 0.15) is 30.9 Å². The summed E-state index contributed by atoms with van der Waals surface area (Å²) in [5.74, 6) is 0.281. The van der Waals surface area contributed by atoms with Gasteiger partial charge >= 0.3 is 0 Å². The highest BCUT2D eigenvalue weighted by atomic mass is 19.1. The van der Waals surface area contributed by atoms with Crippen LogP contribution in [0.25, 0.3) is 17.2 Å². The Morgan fingerprint density at radius 2 is 1.93 bits per heavy atom. The van der Waals surface area contributed by atoms with Crippen molar-refractivity contribution in [3.8, 4) is 16.9 Å². The first kappa shape index (κ1) is 19.1. The van der Waals surface area contributed by atoms with E-state index in [1.807, 2.05) is 49.5 Å². The molecule has 4 heteroatoms. The Kier molecular flexibility index (Phi) is 5.80. The molecule has 0 spiro atoms. The van der Waals surface area contributed by atoms with Crippen molar-refractivity contribution in [1.82, 2.24) is 4.98 Å². The van der Waals surface area contributed by atoms with Gasteiger partial charge in [0, 0.05) is 24.5 Å². The third kappa shape index (κ3) is 4.27. The number of aromatic nitrogens is 1. The number of halogens is 1. The molecule has 2 heterocycles. The van der Waals surface area contributed by atoms with Crippen LogP contribution in [0.4, 0.5) is 4.39 Å². The average molecular weight is 386 g/mol. The quantitative estimate of drug-likeness (QED) is 0.543. The standard InChI is InChI=1S/C25H23FN2O/c1-2-29-23-12-4-11-22(26)24(23)19-8-3-7-18(15-19)16-20-9-6-14-28-25(20)21-10-5-13-27-17-21/h3-5,7-8,10-13,15-17H,2,6,9,14H2,1H3/b20-16+. The summed E-state index contributed by atoms with van der Waals surface area (Å²) < 4.78 is 20.3. The van der Waals surface area contributed by atoms with Crippen LogP contribution in [0.2, 0.25) is 0 Å². The first-order chi connectivity index (χ1) is 14.3. The highest BCUT2D eigenvalue weighted by Gasteiger charge is 2.15. The second kappa shape index (κ2) is 8.82. The molecule has 3 aromatic rings. The Bertz CT molecular complexity index is 1060. The maximum atomic E-state index is 14.6. The minimum atomic E-state index is -0.281. The number of rotatable bonds is 5. The molecular formula is C25H23FN2O. The smallest absolute Gasteiger partial charge is 0.134 e. The minimum Gasteiger partial charge on any atom is -0.493 e. The highest BCUT2D eigenvalue weighted by molar-refractivity contribution is 6.15. The molecule has 0 saturated carbocycles. The van der Waals surface area contributed by atoms with Crippen LogP contribution < -0.4 is 4.74 Å². The van der Waals surface area contributed by atoms with E-state index in [0.717, 1.165) is 41.8 Å². The van der Waals surface area contributed by atoms with Crippen LogP contribution in [0.3, 0.4) is 0 Å². The van der Waals surface area contributed by atoms with Crippen molar-refractivity contribution in [2.24, 2.45) is 4.99 Å². The number of nitrogens with zero attached hydrogens (tertiary/aromatic N) is 2. The predicted octanol–water partition coefficient (Wildman–Crippen LogP) is 5.95. The van der Waals surface area contributed by atoms with E-state index in [1.54, 1.807) is 18.3 Å². The van der Waals surface area contributed by atoms with E-state index in [2.05, 4.69) is 11.1 Å². The molecule has 0 unspecified atom stereocenters. The molecule has 2 aromatic carbocycles. The van der Waals surface area contributed by atoms with Crippen molar-refractivity contribution in [3.05, 3.63) is 89.5 Å². The first-order valence-electron chi connectivity index (χ1n) is 9.94. The van der Waals surface area contributed by atoms with Crippen LogP contribution in [-0.4, -0.2) is 23.8 Å². The molecule has 1 aliphatic heterocycles. The molecular weight excluding hydrogens is 363 g/mol. The summed E-state index contributed by atoms with van der Waals surface area (Å²) in [5.41, 5.74) is 5.52. The molecule has 29 heavy (non-hydrogen) atoms. The monoisotopic (exact) mass is 386 g/mol. The summed E-state index contributed by atoms with van der Waals surface area (Å²) in [5, 5.41) is 0. The molecule has 0 aliphatic carbocycles. The Morgan fingerprint density at radius 1 is 1.07 bits per heavy atom. The van der Waals surface area contributed by atoms with Gasteiger partial charge in [0.05, 0.1) is 17.9 Å². The van der Waals surface area contributed by atoms with Crippen LogP contribution in [0.5, 0.6) is 5.75 Å². The number of allylic oxidation sites excluding steroid dienone is 1. The van der Waals surface area contributed by atoms with Gasteiger partial charge in [0.25, 0.3) is 0 Å². The van der Waals surface area contributed by atoms with Gasteiger partial charge in [-0.25, -0.2) is 4.39 Å². The molecule has 1 aliphatic rings. The largest absolute Gasteiger partial charge is 0.493 e. The molecule has 0 bridgehead atoms. The van der Waals surface area contributed by atoms with E-state index in [1.165, 1.54) is 11.6 Å². The highest BCUT2D eigenvalue weighted by Crippen LogP contribution is 2.34. The SMILES string of the molecule is CCOc1cccc(F)c1-c1cccc(/C=C2\CCCN=C2c2cccnc2)c1. The number of benzene rings is 2. The fourth-order valence-corrected chi connectivity index (χ4v) is 3.65. The molecule has 4 rings (SSSR count). The van der Waals surface area contributed by atoms with Crippen molar-refractivity contribution >= 4 is 11.8 Å². The van der Waals surface area contributed by atoms with E-state index < -0.39 is 0 Å². The van der Waals surface area contributed by atoms with Gasteiger partial charge in [0.15, 0.2) is 0 Å². The third-order valence-electron chi connectivity index (χ3n) is 4.90. The van der Waals surface area contributed by atoms with Gasteiger partial charge in [-0.2, -0.15) is 0 Å². The topological polar surface area (TPSA) is 34.5 Å². The van der Waals surface area contributed by atoms with Gasteiger partial charge in [-0.1, -0.05) is 24.3 Å². The Labute approximate surface area is 170 Å². The van der Waals surface area contributed by atoms with E-state index in [-0.39, 0.29) is 5.82 Å². The molecule has 0 atom stereocenters. The van der Waals surface area contributed by atoms with E-state index in [4.69, 9.17) is 9.73 Å². The van der Waals surface area contributed by atoms with Gasteiger partial charge in [0.1, 0.15) is 11.6 Å². The first-order valence-corrected chi connectivity index (χ1v) is 9.94. The van der Waals surface area contributed by atoms with Gasteiger partial charge < -0.3 is 4.74 Å². The van der Waals surface area contributed by atoms with Crippen LogP contribution in [0, 0.1) is 5.82 Å². The number of ether oxygens (including phenoxy) is 1. The lowest BCUT2D eigenvalue weighted by molar-refractivity contribution is 0.340. The summed E-state index contributed by atoms with van der Waals surface area (Å²) in [6, 6.07) is 16.8. The molecule has 3 nitrogen and oxygen atoms in total. The Morgan fingerprint density at radius 3 is 2.76 bits per heavy atom. The number of aliphatic imine (C=N–C) groups is 1. The summed E-state index contributed by atoms with van der Waals surface area (Å²) in [6.45, 7) is 3.22. The Hall–Kier alpha value is -3.27. The Balaban J connectivity index is 1.73. The van der Waals surface area contributed by atoms with Crippen molar-refractivity contribution in [2.75, 3.05) is 13.2 Å². The second-order valence-electron chi connectivity index (χ2n) is 6.92. The number of hydrogen-bond acceptors (Lipinski definition) is 3. The van der Waals surface area contributed by atoms with Gasteiger partial charge in [-0.15, -0.1) is 0 Å². The molecule has 146 valence electrons. The second-order valence-corrected chi connectivity index (χ2v) is 6.92. The third-order valence-corrected chi connectivity index (χ3v) is 4.90. The van der Waals surface area contributed by atoms with Crippen molar-refractivity contribution in [2.45, 2.75) is 19.8 Å². The van der Waals surface area contributed by atoms with Crippen LogP contribution in [0.15, 0.2) is 77.6 Å². The average Bonchev–Trinajstić information content (AvgIpc) is 2.75. The van der Waals surface area contributed by atoms with Crippen molar-refractivity contribution in [3.63, 3.8) is 0 Å². The zero-order valence-corrected chi connectivity index (χ0v) is 16.4. The maximum absolute atomic E-state index is 14.6. The van der Waals surface area contributed by atoms with Crippen LogP contribution in [-0.2, 0) is 0 Å². The summed E-state index contributed by atoms with van der Waals surface area (Å²) in [4.78, 5) is 8.97. The number of pyridine rings is 1. The molecule has 0 radical (unpaired) electrons. The molecule has 0 amide bonds. The van der Waals surface area contributed by atoms with Crippen molar-refractivity contribution < 1.29 is 9.13 Å². The van der Waals surface area contributed by atoms with Gasteiger partial charge in [0.2, 0.25) is 0 Å². The zero-order valence-electron chi connectivity index (χ0n) is 16.4. The summed E-state index contributed by atoms with van der Waals surface area (Å²) in [7, 11) is 0. The lowest BCUT2D eigenvalue weighted by atomic mass is 9.94. The molecule has 1 aromatic heterocycles. The maximum Gasteiger partial charge on any atom is 0.134 e. The minimum absolute atomic E-state index is 0.281. The predicted molar refractivity (Wildman–Crippen MR) is 116 cm³/mol. The molecule has 0 fully saturated rings. The fraction of sp³-hybridized carbons (Fsp3) is 0.200. The van der Waals surface area contributed by atoms with Crippen LogP contribution >= 0.6 is 0 Å². The van der Waals surface area contributed by atoms with Gasteiger partial charge in [-0.3, -0.25) is 9.98 Å². The summed E-state index contributed by atoms with van der Waals surface area (Å²) >= 11 is 0. The lowest BCUT2D eigenvalue weighted by Gasteiger charge is -2.17. The summed E-state index contributed by atoms with van der Waals surface area (Å²) in [6.07, 6.45) is 7.75. The van der Waals surface area contributed by atoms with E-state index in [9.17, 15) is 4.39 Å². The molecule has 0 N–H and O–H groups in total. The van der Waals surface area contributed by atoms with E-state index >= 15 is 0 Å².